The van der Waals surface area contributed by atoms with Crippen LogP contribution in [0.15, 0.2) is 24.3 Å². The Kier molecular flexibility index (Phi) is 2.99. The van der Waals surface area contributed by atoms with E-state index < -0.39 is 14.3 Å². The predicted octanol–water partition coefficient (Wildman–Crippen LogP) is 1.97. The van der Waals surface area contributed by atoms with Crippen molar-refractivity contribution in [2.45, 2.75) is 11.7 Å². The first-order valence-corrected chi connectivity index (χ1v) is 8.73. The van der Waals surface area contributed by atoms with Crippen LogP contribution < -0.4 is 4.90 Å². The third-order valence-corrected chi connectivity index (χ3v) is 5.93. The number of anilines is 1. The maximum Gasteiger partial charge on any atom is 0.237 e. The molecule has 2 heterocycles. The van der Waals surface area contributed by atoms with Crippen molar-refractivity contribution < 1.29 is 13.2 Å². The van der Waals surface area contributed by atoms with Crippen LogP contribution in [0.4, 0.5) is 5.13 Å². The number of nitrogens with zero attached hydrogens (tertiary/aromatic N) is 2. The number of benzene rings is 1. The maximum atomic E-state index is 11.9. The number of fused-ring (bicyclic) bond motifs is 1. The molecule has 0 spiro atoms. The highest BCUT2D eigenvalue weighted by Crippen LogP contribution is 2.32. The normalized spacial score (nSPS) is 20.4. The lowest BCUT2D eigenvalue weighted by Crippen LogP contribution is -2.26. The number of thiazole rings is 1. The van der Waals surface area contributed by atoms with Crippen molar-refractivity contribution >= 4 is 52.3 Å². The Labute approximate surface area is 118 Å². The molecular weight excluding hydrogens is 308 g/mol. The molecule has 1 saturated heterocycles. The summed E-state index contributed by atoms with van der Waals surface area (Å²) >= 11 is 1.37. The van der Waals surface area contributed by atoms with Crippen molar-refractivity contribution in [3.05, 3.63) is 24.3 Å². The molecule has 2 aromatic rings. The van der Waals surface area contributed by atoms with Gasteiger partial charge in [0.1, 0.15) is 5.25 Å². The van der Waals surface area contributed by atoms with Gasteiger partial charge >= 0.3 is 0 Å². The van der Waals surface area contributed by atoms with Crippen molar-refractivity contribution in [2.24, 2.45) is 0 Å². The molecule has 1 aliphatic heterocycles. The summed E-state index contributed by atoms with van der Waals surface area (Å²) < 4.78 is 23.6. The van der Waals surface area contributed by atoms with Gasteiger partial charge < -0.3 is 0 Å². The van der Waals surface area contributed by atoms with Gasteiger partial charge in [-0.3, -0.25) is 9.69 Å². The average molecular weight is 317 g/mol. The predicted molar refractivity (Wildman–Crippen MR) is 75.2 cm³/mol. The number of carbonyl (C=O) groups excluding carboxylic acids is 1. The number of carbonyl (C=O) groups is 1. The van der Waals surface area contributed by atoms with Crippen molar-refractivity contribution in [1.29, 1.82) is 0 Å². The summed E-state index contributed by atoms with van der Waals surface area (Å²) in [6.07, 6.45) is -0.0816. The summed E-state index contributed by atoms with van der Waals surface area (Å²) in [7, 11) is 1.59. The molecule has 0 radical (unpaired) electrons. The first-order valence-electron chi connectivity index (χ1n) is 5.54. The van der Waals surface area contributed by atoms with E-state index in [-0.39, 0.29) is 18.9 Å². The first-order chi connectivity index (χ1) is 8.95. The minimum atomic E-state index is -3.72. The number of halogens is 1. The van der Waals surface area contributed by atoms with Gasteiger partial charge in [0.2, 0.25) is 15.0 Å². The van der Waals surface area contributed by atoms with Crippen LogP contribution in [0.1, 0.15) is 6.42 Å². The van der Waals surface area contributed by atoms with Gasteiger partial charge in [0.15, 0.2) is 5.13 Å². The van der Waals surface area contributed by atoms with E-state index >= 15 is 0 Å². The Balaban J connectivity index is 1.96. The van der Waals surface area contributed by atoms with E-state index in [1.165, 1.54) is 16.2 Å². The molecule has 100 valence electrons. The lowest BCUT2D eigenvalue weighted by atomic mass is 10.3. The van der Waals surface area contributed by atoms with Crippen LogP contribution in [0.5, 0.6) is 0 Å². The van der Waals surface area contributed by atoms with Gasteiger partial charge in [-0.15, -0.1) is 0 Å². The minimum Gasteiger partial charge on any atom is -0.287 e. The summed E-state index contributed by atoms with van der Waals surface area (Å²) in [5, 5.41) is -0.331. The number of aromatic nitrogens is 1. The van der Waals surface area contributed by atoms with Crippen molar-refractivity contribution in [2.75, 3.05) is 11.4 Å². The summed E-state index contributed by atoms with van der Waals surface area (Å²) in [6, 6.07) is 7.52. The standard InChI is InChI=1S/C11H9ClN2O3S2/c12-19(16,17)7-5-10(15)14(6-7)11-13-8-3-1-2-4-9(8)18-11/h1-4,7H,5-6H2. The van der Waals surface area contributed by atoms with Crippen LogP contribution in [-0.4, -0.2) is 31.1 Å². The van der Waals surface area contributed by atoms with Crippen LogP contribution in [0, 0.1) is 0 Å². The molecule has 0 bridgehead atoms. The molecule has 8 heteroatoms. The zero-order valence-corrected chi connectivity index (χ0v) is 12.0. The van der Waals surface area contributed by atoms with Crippen molar-refractivity contribution in [1.82, 2.24) is 4.98 Å². The molecule has 1 atom stereocenters. The Morgan fingerprint density at radius 1 is 1.37 bits per heavy atom. The van der Waals surface area contributed by atoms with Gasteiger partial charge in [0.05, 0.1) is 10.2 Å². The number of amides is 1. The lowest BCUT2D eigenvalue weighted by Gasteiger charge is -2.11. The average Bonchev–Trinajstić information content (AvgIpc) is 2.90. The molecule has 1 aliphatic rings. The molecule has 19 heavy (non-hydrogen) atoms. The second kappa shape index (κ2) is 4.43. The molecule has 5 nitrogen and oxygen atoms in total. The fourth-order valence-electron chi connectivity index (χ4n) is 2.02. The fourth-order valence-corrected chi connectivity index (χ4v) is 4.04. The smallest absolute Gasteiger partial charge is 0.237 e. The monoisotopic (exact) mass is 316 g/mol. The van der Waals surface area contributed by atoms with Crippen molar-refractivity contribution in [3.63, 3.8) is 0 Å². The number of hydrogen-bond acceptors (Lipinski definition) is 5. The second-order valence-electron chi connectivity index (χ2n) is 4.27. The van der Waals surface area contributed by atoms with E-state index in [0.717, 1.165) is 10.2 Å². The largest absolute Gasteiger partial charge is 0.287 e. The van der Waals surface area contributed by atoms with Gasteiger partial charge in [-0.1, -0.05) is 23.5 Å². The topological polar surface area (TPSA) is 67.3 Å². The van der Waals surface area contributed by atoms with Gasteiger partial charge in [-0.25, -0.2) is 13.4 Å². The highest BCUT2D eigenvalue weighted by molar-refractivity contribution is 8.14. The highest BCUT2D eigenvalue weighted by atomic mass is 35.7. The summed E-state index contributed by atoms with van der Waals surface area (Å²) in [4.78, 5) is 17.6. The molecule has 1 amide bonds. The van der Waals surface area contributed by atoms with E-state index in [1.807, 2.05) is 24.3 Å². The van der Waals surface area contributed by atoms with Crippen LogP contribution in [-0.2, 0) is 13.8 Å². The Bertz CT molecular complexity index is 723. The molecule has 1 fully saturated rings. The second-order valence-corrected chi connectivity index (χ2v) is 8.19. The molecule has 1 aromatic carbocycles. The summed E-state index contributed by atoms with van der Waals surface area (Å²) in [5.41, 5.74) is 0.799. The molecule has 0 saturated carbocycles. The van der Waals surface area contributed by atoms with E-state index in [4.69, 9.17) is 10.7 Å². The Hall–Kier alpha value is -1.18. The van der Waals surface area contributed by atoms with Gasteiger partial charge in [0, 0.05) is 23.6 Å². The number of hydrogen-bond donors (Lipinski definition) is 0. The van der Waals surface area contributed by atoms with E-state index in [9.17, 15) is 13.2 Å². The highest BCUT2D eigenvalue weighted by Gasteiger charge is 2.39. The summed E-state index contributed by atoms with van der Waals surface area (Å²) in [6.45, 7) is 0.0739. The van der Waals surface area contributed by atoms with Gasteiger partial charge in [-0.2, -0.15) is 0 Å². The fraction of sp³-hybridized carbons (Fsp3) is 0.273. The van der Waals surface area contributed by atoms with E-state index in [0.29, 0.717) is 5.13 Å². The SMILES string of the molecule is O=C1CC(S(=O)(=O)Cl)CN1c1nc2ccccc2s1. The van der Waals surface area contributed by atoms with Crippen LogP contribution in [0.2, 0.25) is 0 Å². The molecule has 0 N–H and O–H groups in total. The van der Waals surface area contributed by atoms with Crippen molar-refractivity contribution in [3.8, 4) is 0 Å². The molecule has 3 rings (SSSR count). The maximum absolute atomic E-state index is 11.9. The third kappa shape index (κ3) is 2.33. The van der Waals surface area contributed by atoms with Crippen LogP contribution in [0.25, 0.3) is 10.2 Å². The van der Waals surface area contributed by atoms with Gasteiger partial charge in [-0.05, 0) is 12.1 Å². The zero-order valence-electron chi connectivity index (χ0n) is 9.61. The summed E-state index contributed by atoms with van der Waals surface area (Å²) in [5.74, 6) is -0.256. The Morgan fingerprint density at radius 3 is 2.74 bits per heavy atom. The first kappa shape index (κ1) is 12.8. The lowest BCUT2D eigenvalue weighted by molar-refractivity contribution is -0.117. The van der Waals surface area contributed by atoms with Crippen LogP contribution in [0.3, 0.4) is 0 Å². The zero-order chi connectivity index (χ0) is 13.6. The molecular formula is C11H9ClN2O3S2. The molecule has 1 aromatic heterocycles. The van der Waals surface area contributed by atoms with E-state index in [1.54, 1.807) is 0 Å². The molecule has 1 unspecified atom stereocenters. The quantitative estimate of drug-likeness (QED) is 0.794. The third-order valence-electron chi connectivity index (χ3n) is 3.00. The van der Waals surface area contributed by atoms with Gasteiger partial charge in [0.25, 0.3) is 0 Å². The van der Waals surface area contributed by atoms with E-state index in [2.05, 4.69) is 4.98 Å². The molecule has 0 aliphatic carbocycles. The number of para-hydroxylation sites is 1. The Morgan fingerprint density at radius 2 is 2.11 bits per heavy atom. The minimum absolute atomic E-state index is 0.0739. The number of rotatable bonds is 2. The van der Waals surface area contributed by atoms with Crippen LogP contribution >= 0.6 is 22.0 Å².